The third kappa shape index (κ3) is 3.47. The van der Waals surface area contributed by atoms with Crippen molar-refractivity contribution in [1.82, 2.24) is 10.3 Å². The van der Waals surface area contributed by atoms with E-state index < -0.39 is 23.8 Å². The zero-order chi connectivity index (χ0) is 20.5. The molecule has 3 N–H and O–H groups in total. The molecule has 2 amide bonds. The minimum Gasteiger partial charge on any atom is -0.480 e. The summed E-state index contributed by atoms with van der Waals surface area (Å²) in [4.78, 5) is 41.8. The summed E-state index contributed by atoms with van der Waals surface area (Å²) < 4.78 is 0. The van der Waals surface area contributed by atoms with Crippen molar-refractivity contribution in [2.75, 3.05) is 11.9 Å². The Balaban J connectivity index is 1.58. The smallest absolute Gasteiger partial charge is 0.326 e. The van der Waals surface area contributed by atoms with Crippen LogP contribution in [-0.2, 0) is 20.8 Å². The standard InChI is InChI=1S/C22H21N3O4/c1-25-19-9-5-3-7-15(19)16(11-20(25)26)21(27)24-18(22(28)29)10-13-12-23-17-8-4-2-6-14(13)17/h2-9,12,16,18,23H,10-11H2,1H3,(H,24,27)(H,28,29)/t16-,18-/m1/s1. The lowest BCUT2D eigenvalue weighted by molar-refractivity contribution is -0.142. The van der Waals surface area contributed by atoms with Crippen molar-refractivity contribution in [3.05, 3.63) is 65.9 Å². The molecule has 0 bridgehead atoms. The van der Waals surface area contributed by atoms with Crippen molar-refractivity contribution in [2.45, 2.75) is 24.8 Å². The van der Waals surface area contributed by atoms with Crippen LogP contribution in [0.15, 0.2) is 54.7 Å². The summed E-state index contributed by atoms with van der Waals surface area (Å²) in [6, 6.07) is 13.7. The molecule has 4 rings (SSSR count). The number of anilines is 1. The Hall–Kier alpha value is -3.61. The molecule has 1 aliphatic heterocycles. The molecule has 2 atom stereocenters. The first-order valence-electron chi connectivity index (χ1n) is 9.39. The van der Waals surface area contributed by atoms with Crippen molar-refractivity contribution >= 4 is 34.4 Å². The molecular formula is C22H21N3O4. The van der Waals surface area contributed by atoms with E-state index in [9.17, 15) is 19.5 Å². The predicted octanol–water partition coefficient (Wildman–Crippen LogP) is 2.43. The molecule has 0 fully saturated rings. The van der Waals surface area contributed by atoms with Crippen molar-refractivity contribution in [3.8, 4) is 0 Å². The summed E-state index contributed by atoms with van der Waals surface area (Å²) in [6.07, 6.45) is 1.92. The quantitative estimate of drug-likeness (QED) is 0.622. The number of amides is 2. The van der Waals surface area contributed by atoms with Crippen LogP contribution in [0, 0.1) is 0 Å². The van der Waals surface area contributed by atoms with Gasteiger partial charge in [-0.15, -0.1) is 0 Å². The summed E-state index contributed by atoms with van der Waals surface area (Å²) in [6.45, 7) is 0. The summed E-state index contributed by atoms with van der Waals surface area (Å²) in [5.74, 6) is -2.45. The maximum Gasteiger partial charge on any atom is 0.326 e. The van der Waals surface area contributed by atoms with Gasteiger partial charge in [0.15, 0.2) is 0 Å². The topological polar surface area (TPSA) is 103 Å². The zero-order valence-electron chi connectivity index (χ0n) is 15.9. The number of nitrogens with zero attached hydrogens (tertiary/aromatic N) is 1. The predicted molar refractivity (Wildman–Crippen MR) is 109 cm³/mol. The third-order valence-corrected chi connectivity index (χ3v) is 5.46. The average Bonchev–Trinajstić information content (AvgIpc) is 3.13. The Morgan fingerprint density at radius 3 is 2.72 bits per heavy atom. The molecular weight excluding hydrogens is 370 g/mol. The van der Waals surface area contributed by atoms with Crippen LogP contribution in [-0.4, -0.2) is 41.0 Å². The first kappa shape index (κ1) is 18.7. The van der Waals surface area contributed by atoms with Crippen LogP contribution in [0.3, 0.4) is 0 Å². The molecule has 1 aromatic heterocycles. The SMILES string of the molecule is CN1C(=O)C[C@@H](C(=O)N[C@H](Cc2c[nH]c3ccccc23)C(=O)O)c2ccccc21. The van der Waals surface area contributed by atoms with Crippen molar-refractivity contribution < 1.29 is 19.5 Å². The van der Waals surface area contributed by atoms with Gasteiger partial charge in [-0.2, -0.15) is 0 Å². The van der Waals surface area contributed by atoms with Crippen LogP contribution >= 0.6 is 0 Å². The van der Waals surface area contributed by atoms with Gasteiger partial charge in [0.2, 0.25) is 11.8 Å². The lowest BCUT2D eigenvalue weighted by Crippen LogP contribution is -2.46. The number of fused-ring (bicyclic) bond motifs is 2. The van der Waals surface area contributed by atoms with E-state index >= 15 is 0 Å². The number of rotatable bonds is 5. The Morgan fingerprint density at radius 2 is 1.93 bits per heavy atom. The molecule has 2 aromatic carbocycles. The summed E-state index contributed by atoms with van der Waals surface area (Å²) in [5, 5.41) is 13.2. The average molecular weight is 391 g/mol. The van der Waals surface area contributed by atoms with Crippen molar-refractivity contribution in [2.24, 2.45) is 0 Å². The van der Waals surface area contributed by atoms with Crippen LogP contribution in [0.5, 0.6) is 0 Å². The van der Waals surface area contributed by atoms with Gasteiger partial charge in [-0.1, -0.05) is 36.4 Å². The number of nitrogens with one attached hydrogen (secondary N) is 2. The number of para-hydroxylation sites is 2. The van der Waals surface area contributed by atoms with Crippen molar-refractivity contribution in [3.63, 3.8) is 0 Å². The second-order valence-electron chi connectivity index (χ2n) is 7.23. The Morgan fingerprint density at radius 1 is 1.21 bits per heavy atom. The van der Waals surface area contributed by atoms with E-state index in [1.54, 1.807) is 31.4 Å². The lowest BCUT2D eigenvalue weighted by atomic mass is 9.88. The lowest BCUT2D eigenvalue weighted by Gasteiger charge is -2.31. The highest BCUT2D eigenvalue weighted by Gasteiger charge is 2.35. The second kappa shape index (κ2) is 7.43. The largest absolute Gasteiger partial charge is 0.480 e. The van der Waals surface area contributed by atoms with E-state index in [1.807, 2.05) is 30.3 Å². The first-order valence-corrected chi connectivity index (χ1v) is 9.39. The number of carbonyl (C=O) groups is 3. The number of carbonyl (C=O) groups excluding carboxylic acids is 2. The van der Waals surface area contributed by atoms with E-state index in [1.165, 1.54) is 4.90 Å². The number of aliphatic carboxylic acids is 1. The highest BCUT2D eigenvalue weighted by atomic mass is 16.4. The Labute approximate surface area is 167 Å². The van der Waals surface area contributed by atoms with E-state index in [2.05, 4.69) is 10.3 Å². The highest BCUT2D eigenvalue weighted by Crippen LogP contribution is 2.35. The second-order valence-corrected chi connectivity index (χ2v) is 7.23. The maximum absolute atomic E-state index is 13.0. The monoisotopic (exact) mass is 391 g/mol. The summed E-state index contributed by atoms with van der Waals surface area (Å²) in [5.41, 5.74) is 3.12. The number of hydrogen-bond donors (Lipinski definition) is 3. The van der Waals surface area contributed by atoms with Crippen LogP contribution in [0.2, 0.25) is 0 Å². The van der Waals surface area contributed by atoms with Gasteiger partial charge in [-0.05, 0) is 23.3 Å². The van der Waals surface area contributed by atoms with E-state index in [-0.39, 0.29) is 18.7 Å². The molecule has 3 aromatic rings. The molecule has 0 spiro atoms. The number of carboxylic acids is 1. The molecule has 0 saturated carbocycles. The fourth-order valence-electron chi connectivity index (χ4n) is 3.87. The van der Waals surface area contributed by atoms with Crippen LogP contribution in [0.4, 0.5) is 5.69 Å². The summed E-state index contributed by atoms with van der Waals surface area (Å²) >= 11 is 0. The van der Waals surface area contributed by atoms with Gasteiger partial charge in [0, 0.05) is 42.7 Å². The van der Waals surface area contributed by atoms with Crippen LogP contribution in [0.25, 0.3) is 10.9 Å². The number of hydrogen-bond acceptors (Lipinski definition) is 3. The molecule has 0 unspecified atom stereocenters. The van der Waals surface area contributed by atoms with Gasteiger partial charge in [-0.25, -0.2) is 4.79 Å². The van der Waals surface area contributed by atoms with E-state index in [0.29, 0.717) is 5.69 Å². The minimum absolute atomic E-state index is 0.0127. The van der Waals surface area contributed by atoms with Crippen molar-refractivity contribution in [1.29, 1.82) is 0 Å². The van der Waals surface area contributed by atoms with Gasteiger partial charge >= 0.3 is 5.97 Å². The van der Waals surface area contributed by atoms with Gasteiger partial charge in [0.25, 0.3) is 0 Å². The molecule has 0 saturated heterocycles. The third-order valence-electron chi connectivity index (χ3n) is 5.46. The summed E-state index contributed by atoms with van der Waals surface area (Å²) in [7, 11) is 1.67. The number of carboxylic acid groups (broad SMARTS) is 1. The number of benzene rings is 2. The van der Waals surface area contributed by atoms with Gasteiger partial charge in [0.1, 0.15) is 6.04 Å². The zero-order valence-corrected chi connectivity index (χ0v) is 15.9. The maximum atomic E-state index is 13.0. The number of H-pyrrole nitrogens is 1. The fourth-order valence-corrected chi connectivity index (χ4v) is 3.87. The Bertz CT molecular complexity index is 1100. The molecule has 7 heteroatoms. The fraction of sp³-hybridized carbons (Fsp3) is 0.227. The van der Waals surface area contributed by atoms with Gasteiger partial charge in [0.05, 0.1) is 5.92 Å². The molecule has 29 heavy (non-hydrogen) atoms. The number of aromatic nitrogens is 1. The van der Waals surface area contributed by atoms with Crippen LogP contribution < -0.4 is 10.2 Å². The molecule has 148 valence electrons. The first-order chi connectivity index (χ1) is 14.0. The van der Waals surface area contributed by atoms with E-state index in [0.717, 1.165) is 22.0 Å². The molecule has 0 aliphatic carbocycles. The highest BCUT2D eigenvalue weighted by molar-refractivity contribution is 6.03. The van der Waals surface area contributed by atoms with Crippen LogP contribution in [0.1, 0.15) is 23.5 Å². The number of aromatic amines is 1. The normalized spacial score (nSPS) is 17.1. The molecule has 2 heterocycles. The molecule has 1 aliphatic rings. The molecule has 7 nitrogen and oxygen atoms in total. The Kier molecular flexibility index (Phi) is 4.80. The van der Waals surface area contributed by atoms with Gasteiger partial charge < -0.3 is 20.3 Å². The van der Waals surface area contributed by atoms with E-state index in [4.69, 9.17) is 0 Å². The van der Waals surface area contributed by atoms with Gasteiger partial charge in [-0.3, -0.25) is 9.59 Å². The molecule has 0 radical (unpaired) electrons. The minimum atomic E-state index is -1.11.